The van der Waals surface area contributed by atoms with Crippen LogP contribution >= 0.6 is 0 Å². The third-order valence-electron chi connectivity index (χ3n) is 2.39. The average molecular weight is 278 g/mol. The van der Waals surface area contributed by atoms with Crippen molar-refractivity contribution >= 4 is 28.6 Å². The summed E-state index contributed by atoms with van der Waals surface area (Å²) < 4.78 is 21.9. The fraction of sp³-hybridized carbons (Fsp3) is 0. The molecule has 0 aliphatic rings. The highest BCUT2D eigenvalue weighted by Gasteiger charge is 2.15. The summed E-state index contributed by atoms with van der Waals surface area (Å²) in [7, 11) is 0. The first-order valence-electron chi connectivity index (χ1n) is 5.24. The Hall–Kier alpha value is -2.25. The van der Waals surface area contributed by atoms with E-state index in [-0.39, 0.29) is 5.56 Å². The van der Waals surface area contributed by atoms with E-state index in [0.717, 1.165) is 4.31 Å². The van der Waals surface area contributed by atoms with Gasteiger partial charge in [-0.05, 0) is 36.4 Å². The molecule has 1 aromatic heterocycles. The Labute approximate surface area is 111 Å². The van der Waals surface area contributed by atoms with Crippen LogP contribution < -0.4 is 4.31 Å². The van der Waals surface area contributed by atoms with Crippen molar-refractivity contribution in [2.24, 2.45) is 0 Å². The first-order valence-corrected chi connectivity index (χ1v) is 6.30. The van der Waals surface area contributed by atoms with Gasteiger partial charge in [-0.3, -0.25) is 9.54 Å². The standard InChI is InChI=1S/C12H10N2O4S/c15-12(16)9-3-5-10(6-4-9)14(19(17)18)11-2-1-7-13-8-11/h1-8H,(H,15,16)(H,17,18). The van der Waals surface area contributed by atoms with Gasteiger partial charge in [-0.15, -0.1) is 0 Å². The molecule has 0 saturated carbocycles. The number of rotatable bonds is 4. The van der Waals surface area contributed by atoms with Crippen LogP contribution in [-0.4, -0.2) is 24.8 Å². The normalized spacial score (nSPS) is 11.8. The molecule has 19 heavy (non-hydrogen) atoms. The van der Waals surface area contributed by atoms with Crippen LogP contribution in [0.3, 0.4) is 0 Å². The van der Waals surface area contributed by atoms with E-state index in [2.05, 4.69) is 4.98 Å². The summed E-state index contributed by atoms with van der Waals surface area (Å²) in [4.78, 5) is 14.6. The molecule has 0 spiro atoms. The van der Waals surface area contributed by atoms with Gasteiger partial charge in [0.2, 0.25) is 0 Å². The van der Waals surface area contributed by atoms with Gasteiger partial charge >= 0.3 is 5.97 Å². The second-order valence-electron chi connectivity index (χ2n) is 3.59. The average Bonchev–Trinajstić information content (AvgIpc) is 2.40. The van der Waals surface area contributed by atoms with Crippen molar-refractivity contribution in [2.75, 3.05) is 4.31 Å². The van der Waals surface area contributed by atoms with Gasteiger partial charge in [-0.25, -0.2) is 13.3 Å². The van der Waals surface area contributed by atoms with Gasteiger partial charge in [0, 0.05) is 6.20 Å². The predicted molar refractivity (Wildman–Crippen MR) is 70.5 cm³/mol. The molecule has 2 N–H and O–H groups in total. The van der Waals surface area contributed by atoms with Gasteiger partial charge in [-0.1, -0.05) is 0 Å². The summed E-state index contributed by atoms with van der Waals surface area (Å²) in [5.41, 5.74) is 0.948. The number of carboxylic acid groups (broad SMARTS) is 1. The molecule has 98 valence electrons. The molecule has 0 bridgehead atoms. The first-order chi connectivity index (χ1) is 9.09. The Morgan fingerprint density at radius 2 is 1.84 bits per heavy atom. The smallest absolute Gasteiger partial charge is 0.335 e. The van der Waals surface area contributed by atoms with Crippen LogP contribution in [0.15, 0.2) is 48.8 Å². The molecule has 0 aliphatic heterocycles. The number of benzene rings is 1. The molecule has 0 saturated heterocycles. The number of aromatic nitrogens is 1. The number of nitrogens with zero attached hydrogens (tertiary/aromatic N) is 2. The zero-order valence-electron chi connectivity index (χ0n) is 9.63. The van der Waals surface area contributed by atoms with Gasteiger partial charge in [0.15, 0.2) is 0 Å². The third kappa shape index (κ3) is 2.95. The van der Waals surface area contributed by atoms with Gasteiger partial charge in [0.1, 0.15) is 0 Å². The molecule has 1 atom stereocenters. The van der Waals surface area contributed by atoms with Crippen molar-refractivity contribution in [3.63, 3.8) is 0 Å². The van der Waals surface area contributed by atoms with E-state index >= 15 is 0 Å². The fourth-order valence-electron chi connectivity index (χ4n) is 1.54. The van der Waals surface area contributed by atoms with Crippen LogP contribution in [0.4, 0.5) is 11.4 Å². The van der Waals surface area contributed by atoms with Crippen LogP contribution in [-0.2, 0) is 11.3 Å². The molecule has 0 amide bonds. The van der Waals surface area contributed by atoms with Crippen LogP contribution in [0, 0.1) is 0 Å². The highest BCUT2D eigenvalue weighted by Crippen LogP contribution is 2.26. The monoisotopic (exact) mass is 278 g/mol. The van der Waals surface area contributed by atoms with E-state index in [4.69, 9.17) is 5.11 Å². The molecule has 0 radical (unpaired) electrons. The second-order valence-corrected chi connectivity index (χ2v) is 4.41. The van der Waals surface area contributed by atoms with Gasteiger partial charge in [0.05, 0.1) is 23.1 Å². The summed E-state index contributed by atoms with van der Waals surface area (Å²) in [6, 6.07) is 8.93. The van der Waals surface area contributed by atoms with Crippen molar-refractivity contribution in [3.05, 3.63) is 54.4 Å². The van der Waals surface area contributed by atoms with Crippen LogP contribution in [0.1, 0.15) is 10.4 Å². The lowest BCUT2D eigenvalue weighted by Gasteiger charge is -2.19. The summed E-state index contributed by atoms with van der Waals surface area (Å²) in [6.07, 6.45) is 2.99. The lowest BCUT2D eigenvalue weighted by molar-refractivity contribution is 0.0697. The maximum absolute atomic E-state index is 11.4. The molecule has 1 unspecified atom stereocenters. The molecular formula is C12H10N2O4S. The molecule has 0 fully saturated rings. The number of carbonyl (C=O) groups is 1. The third-order valence-corrected chi connectivity index (χ3v) is 3.12. The van der Waals surface area contributed by atoms with Gasteiger partial charge in [0.25, 0.3) is 11.3 Å². The van der Waals surface area contributed by atoms with Gasteiger partial charge in [-0.2, -0.15) is 0 Å². The molecule has 2 rings (SSSR count). The van der Waals surface area contributed by atoms with Crippen LogP contribution in [0.2, 0.25) is 0 Å². The van der Waals surface area contributed by atoms with Crippen LogP contribution in [0.5, 0.6) is 0 Å². The molecule has 6 nitrogen and oxygen atoms in total. The molecule has 7 heteroatoms. The van der Waals surface area contributed by atoms with E-state index in [1.807, 2.05) is 0 Å². The Bertz CT molecular complexity index is 601. The van der Waals surface area contributed by atoms with Crippen molar-refractivity contribution in [1.82, 2.24) is 4.98 Å². The Balaban J connectivity index is 2.40. The van der Waals surface area contributed by atoms with Crippen molar-refractivity contribution < 1.29 is 18.7 Å². The number of hydrogen-bond donors (Lipinski definition) is 2. The Kier molecular flexibility index (Phi) is 3.88. The molecule has 0 aliphatic carbocycles. The van der Waals surface area contributed by atoms with E-state index in [9.17, 15) is 13.6 Å². The SMILES string of the molecule is O=C(O)c1ccc(N(c2cccnc2)S(=O)O)cc1. The number of hydrogen-bond acceptors (Lipinski definition) is 3. The predicted octanol–water partition coefficient (Wildman–Crippen LogP) is 2.05. The minimum absolute atomic E-state index is 0.110. The van der Waals surface area contributed by atoms with Gasteiger partial charge < -0.3 is 5.11 Å². The summed E-state index contributed by atoms with van der Waals surface area (Å²) in [5, 5.41) is 8.81. The van der Waals surface area contributed by atoms with Crippen molar-refractivity contribution in [1.29, 1.82) is 0 Å². The van der Waals surface area contributed by atoms with E-state index in [0.29, 0.717) is 11.4 Å². The highest BCUT2D eigenvalue weighted by atomic mass is 32.2. The summed E-state index contributed by atoms with van der Waals surface area (Å²) in [6.45, 7) is 0. The number of carboxylic acids is 1. The largest absolute Gasteiger partial charge is 0.478 e. The summed E-state index contributed by atoms with van der Waals surface area (Å²) >= 11 is -2.28. The van der Waals surface area contributed by atoms with Crippen LogP contribution in [0.25, 0.3) is 0 Å². The van der Waals surface area contributed by atoms with Crippen molar-refractivity contribution in [3.8, 4) is 0 Å². The zero-order valence-corrected chi connectivity index (χ0v) is 10.4. The number of aromatic carboxylic acids is 1. The minimum Gasteiger partial charge on any atom is -0.478 e. The maximum Gasteiger partial charge on any atom is 0.335 e. The topological polar surface area (TPSA) is 90.7 Å². The maximum atomic E-state index is 11.4. The quantitative estimate of drug-likeness (QED) is 0.835. The number of pyridine rings is 1. The number of anilines is 2. The minimum atomic E-state index is -2.28. The Morgan fingerprint density at radius 3 is 2.32 bits per heavy atom. The van der Waals surface area contributed by atoms with E-state index in [1.54, 1.807) is 18.3 Å². The zero-order chi connectivity index (χ0) is 13.8. The van der Waals surface area contributed by atoms with Crippen molar-refractivity contribution in [2.45, 2.75) is 0 Å². The first kappa shape index (κ1) is 13.2. The fourth-order valence-corrected chi connectivity index (χ4v) is 2.13. The summed E-state index contributed by atoms with van der Waals surface area (Å²) in [5.74, 6) is -1.05. The molecule has 2 aromatic rings. The second kappa shape index (κ2) is 5.59. The molecule has 1 aromatic carbocycles. The molecule has 1 heterocycles. The lowest BCUT2D eigenvalue weighted by atomic mass is 10.2. The Morgan fingerprint density at radius 1 is 1.16 bits per heavy atom. The highest BCUT2D eigenvalue weighted by molar-refractivity contribution is 7.81. The lowest BCUT2D eigenvalue weighted by Crippen LogP contribution is -2.19. The van der Waals surface area contributed by atoms with E-state index in [1.165, 1.54) is 30.5 Å². The molecular weight excluding hydrogens is 268 g/mol. The van der Waals surface area contributed by atoms with E-state index < -0.39 is 17.2 Å².